The molecule has 0 atom stereocenters. The Hall–Kier alpha value is -3.54. The van der Waals surface area contributed by atoms with Gasteiger partial charge in [0.25, 0.3) is 10.0 Å². The second kappa shape index (κ2) is 9.53. The van der Waals surface area contributed by atoms with Crippen LogP contribution in [0, 0.1) is 6.92 Å². The second-order valence-electron chi connectivity index (χ2n) is 6.99. The molecule has 0 aliphatic rings. The van der Waals surface area contributed by atoms with Crippen LogP contribution in [0.3, 0.4) is 0 Å². The van der Waals surface area contributed by atoms with Gasteiger partial charge in [-0.15, -0.1) is 0 Å². The minimum atomic E-state index is -4.61. The van der Waals surface area contributed by atoms with E-state index in [1.54, 1.807) is 31.2 Å². The molecule has 176 valence electrons. The quantitative estimate of drug-likeness (QED) is 0.504. The molecule has 3 aromatic rings. The minimum absolute atomic E-state index is 0.0624. The molecule has 0 aliphatic heterocycles. The van der Waals surface area contributed by atoms with Crippen LogP contribution in [0.2, 0.25) is 0 Å². The van der Waals surface area contributed by atoms with Crippen LogP contribution in [-0.4, -0.2) is 30.7 Å². The maximum Gasteiger partial charge on any atom is 0.435 e. The highest BCUT2D eigenvalue weighted by atomic mass is 32.2. The smallest absolute Gasteiger partial charge is 0.435 e. The van der Waals surface area contributed by atoms with Crippen LogP contribution in [0.4, 0.5) is 24.5 Å². The lowest BCUT2D eigenvalue weighted by atomic mass is 10.2. The van der Waals surface area contributed by atoms with E-state index in [2.05, 4.69) is 15.1 Å². The van der Waals surface area contributed by atoms with Crippen molar-refractivity contribution in [1.29, 1.82) is 0 Å². The summed E-state index contributed by atoms with van der Waals surface area (Å²) in [6.07, 6.45) is -3.58. The lowest BCUT2D eigenvalue weighted by molar-refractivity contribution is -0.141. The minimum Gasteiger partial charge on any atom is -0.494 e. The molecule has 0 radical (unpaired) electrons. The van der Waals surface area contributed by atoms with Crippen molar-refractivity contribution in [3.8, 4) is 5.75 Å². The van der Waals surface area contributed by atoms with Crippen LogP contribution in [-0.2, 0) is 27.5 Å². The standard InChI is InChI=1S/C21H21F3N4O4S/c1-3-32-17-8-6-15(7-9-17)27-33(30,31)18-12-16(5-4-14(18)2)25-20(29)13-28-11-10-19(26-28)21(22,23)24/h4-12,27H,3,13H2,1-2H3,(H,25,29). The summed E-state index contributed by atoms with van der Waals surface area (Å²) in [6, 6.07) is 11.4. The predicted octanol–water partition coefficient (Wildman–Crippen LogP) is 4.05. The van der Waals surface area contributed by atoms with Crippen molar-refractivity contribution in [3.63, 3.8) is 0 Å². The molecule has 1 heterocycles. The number of amides is 1. The highest BCUT2D eigenvalue weighted by Gasteiger charge is 2.33. The molecule has 0 saturated carbocycles. The molecule has 3 rings (SSSR count). The third kappa shape index (κ3) is 6.25. The first kappa shape index (κ1) is 24.1. The van der Waals surface area contributed by atoms with Crippen LogP contribution in [0.25, 0.3) is 0 Å². The Morgan fingerprint density at radius 3 is 2.36 bits per heavy atom. The topological polar surface area (TPSA) is 102 Å². The van der Waals surface area contributed by atoms with Gasteiger partial charge in [-0.05, 0) is 61.9 Å². The van der Waals surface area contributed by atoms with Gasteiger partial charge in [0, 0.05) is 17.6 Å². The van der Waals surface area contributed by atoms with Gasteiger partial charge < -0.3 is 10.1 Å². The number of nitrogens with one attached hydrogen (secondary N) is 2. The fourth-order valence-electron chi connectivity index (χ4n) is 2.91. The maximum absolute atomic E-state index is 12.9. The summed E-state index contributed by atoms with van der Waals surface area (Å²) in [5.41, 5.74) is -0.181. The van der Waals surface area contributed by atoms with Crippen molar-refractivity contribution in [3.05, 3.63) is 66.0 Å². The SMILES string of the molecule is CCOc1ccc(NS(=O)(=O)c2cc(NC(=O)Cn3ccc(C(F)(F)F)n3)ccc2C)cc1. The average Bonchev–Trinajstić information content (AvgIpc) is 3.20. The Kier molecular flexibility index (Phi) is 6.96. The molecule has 2 N–H and O–H groups in total. The number of carbonyl (C=O) groups excluding carboxylic acids is 1. The van der Waals surface area contributed by atoms with Gasteiger partial charge in [-0.2, -0.15) is 18.3 Å². The average molecular weight is 482 g/mol. The third-order valence-corrected chi connectivity index (χ3v) is 5.94. The number of alkyl halides is 3. The van der Waals surface area contributed by atoms with Crippen molar-refractivity contribution >= 4 is 27.3 Å². The third-order valence-electron chi connectivity index (χ3n) is 4.42. The first-order chi connectivity index (χ1) is 15.5. The summed E-state index contributed by atoms with van der Waals surface area (Å²) in [6.45, 7) is 3.43. The first-order valence-corrected chi connectivity index (χ1v) is 11.2. The number of halogens is 3. The van der Waals surface area contributed by atoms with Crippen molar-refractivity contribution < 1.29 is 31.1 Å². The fraction of sp³-hybridized carbons (Fsp3) is 0.238. The van der Waals surface area contributed by atoms with Gasteiger partial charge in [-0.1, -0.05) is 6.07 Å². The number of hydrogen-bond acceptors (Lipinski definition) is 5. The number of aromatic nitrogens is 2. The van der Waals surface area contributed by atoms with Gasteiger partial charge in [0.05, 0.1) is 11.5 Å². The number of hydrogen-bond donors (Lipinski definition) is 2. The molecule has 0 aliphatic carbocycles. The van der Waals surface area contributed by atoms with Crippen molar-refractivity contribution in [2.75, 3.05) is 16.6 Å². The van der Waals surface area contributed by atoms with E-state index in [9.17, 15) is 26.4 Å². The normalized spacial score (nSPS) is 11.8. The molecule has 33 heavy (non-hydrogen) atoms. The number of carbonyl (C=O) groups is 1. The van der Waals surface area contributed by atoms with E-state index in [-0.39, 0.29) is 10.6 Å². The molecular formula is C21H21F3N4O4S. The van der Waals surface area contributed by atoms with Crippen molar-refractivity contribution in [2.24, 2.45) is 0 Å². The lowest BCUT2D eigenvalue weighted by Gasteiger charge is -2.13. The van der Waals surface area contributed by atoms with Gasteiger partial charge in [0.1, 0.15) is 12.3 Å². The van der Waals surface area contributed by atoms with E-state index in [0.29, 0.717) is 23.6 Å². The number of sulfonamides is 1. The number of ether oxygens (including phenoxy) is 1. The Morgan fingerprint density at radius 1 is 1.09 bits per heavy atom. The Balaban J connectivity index is 1.72. The van der Waals surface area contributed by atoms with E-state index >= 15 is 0 Å². The number of nitrogens with zero attached hydrogens (tertiary/aromatic N) is 2. The second-order valence-corrected chi connectivity index (χ2v) is 8.64. The molecule has 0 fully saturated rings. The van der Waals surface area contributed by atoms with Crippen molar-refractivity contribution in [1.82, 2.24) is 9.78 Å². The van der Waals surface area contributed by atoms with Gasteiger partial charge in [-0.25, -0.2) is 8.42 Å². The highest BCUT2D eigenvalue weighted by Crippen LogP contribution is 2.27. The predicted molar refractivity (Wildman–Crippen MR) is 115 cm³/mol. The molecule has 0 spiro atoms. The zero-order chi connectivity index (χ0) is 24.2. The Morgan fingerprint density at radius 2 is 1.76 bits per heavy atom. The Labute approximate surface area is 188 Å². The van der Waals surface area contributed by atoms with E-state index in [1.165, 1.54) is 18.2 Å². The van der Waals surface area contributed by atoms with Gasteiger partial charge in [0.15, 0.2) is 5.69 Å². The molecular weight excluding hydrogens is 461 g/mol. The van der Waals surface area contributed by atoms with Crippen LogP contribution in [0.1, 0.15) is 18.2 Å². The summed E-state index contributed by atoms with van der Waals surface area (Å²) in [5, 5.41) is 5.79. The van der Waals surface area contributed by atoms with E-state index in [4.69, 9.17) is 4.74 Å². The number of benzene rings is 2. The summed E-state index contributed by atoms with van der Waals surface area (Å²) in [4.78, 5) is 12.2. The monoisotopic (exact) mass is 482 g/mol. The Bertz CT molecular complexity index is 1240. The molecule has 12 heteroatoms. The lowest BCUT2D eigenvalue weighted by Crippen LogP contribution is -2.20. The molecule has 0 unspecified atom stereocenters. The van der Waals surface area contributed by atoms with Crippen LogP contribution in [0.15, 0.2) is 59.6 Å². The summed E-state index contributed by atoms with van der Waals surface area (Å²) < 4.78 is 72.3. The van der Waals surface area contributed by atoms with Gasteiger partial charge >= 0.3 is 6.18 Å². The largest absolute Gasteiger partial charge is 0.494 e. The first-order valence-electron chi connectivity index (χ1n) is 9.75. The van der Waals surface area contributed by atoms with E-state index < -0.39 is 34.3 Å². The molecule has 1 amide bonds. The van der Waals surface area contributed by atoms with Crippen LogP contribution < -0.4 is 14.8 Å². The number of anilines is 2. The number of aryl methyl sites for hydroxylation is 1. The van der Waals surface area contributed by atoms with Gasteiger partial charge in [-0.3, -0.25) is 14.2 Å². The van der Waals surface area contributed by atoms with E-state index in [1.807, 2.05) is 6.92 Å². The van der Waals surface area contributed by atoms with E-state index in [0.717, 1.165) is 16.9 Å². The summed E-state index contributed by atoms with van der Waals surface area (Å²) in [5.74, 6) is -0.0700. The molecule has 8 nitrogen and oxygen atoms in total. The summed E-state index contributed by atoms with van der Waals surface area (Å²) >= 11 is 0. The maximum atomic E-state index is 12.9. The zero-order valence-corrected chi connectivity index (χ0v) is 18.5. The van der Waals surface area contributed by atoms with Crippen LogP contribution >= 0.6 is 0 Å². The highest BCUT2D eigenvalue weighted by molar-refractivity contribution is 7.92. The van der Waals surface area contributed by atoms with Crippen LogP contribution in [0.5, 0.6) is 5.75 Å². The molecule has 0 bridgehead atoms. The summed E-state index contributed by atoms with van der Waals surface area (Å²) in [7, 11) is -3.98. The molecule has 0 saturated heterocycles. The fourth-order valence-corrected chi connectivity index (χ4v) is 4.24. The van der Waals surface area contributed by atoms with Crippen molar-refractivity contribution in [2.45, 2.75) is 31.5 Å². The number of rotatable bonds is 8. The molecule has 2 aromatic carbocycles. The zero-order valence-electron chi connectivity index (χ0n) is 17.7. The molecule has 1 aromatic heterocycles. The van der Waals surface area contributed by atoms with Gasteiger partial charge in [0.2, 0.25) is 5.91 Å².